The number of benzene rings is 1. The molecule has 0 saturated heterocycles. The number of nitrogens with zero attached hydrogens (tertiary/aromatic N) is 1. The molecule has 0 aliphatic rings. The van der Waals surface area contributed by atoms with E-state index >= 15 is 0 Å². The van der Waals surface area contributed by atoms with E-state index in [9.17, 15) is 4.79 Å². The number of anilines is 1. The summed E-state index contributed by atoms with van der Waals surface area (Å²) in [5, 5.41) is 9.52. The molecule has 0 aliphatic heterocycles. The van der Waals surface area contributed by atoms with Gasteiger partial charge in [0, 0.05) is 6.20 Å². The molecular weight excluding hydrogens is 240 g/mol. The summed E-state index contributed by atoms with van der Waals surface area (Å²) in [7, 11) is 0. The predicted octanol–water partition coefficient (Wildman–Crippen LogP) is 1.58. The third kappa shape index (κ3) is 2.57. The van der Waals surface area contributed by atoms with Gasteiger partial charge in [0.1, 0.15) is 0 Å². The van der Waals surface area contributed by atoms with Crippen molar-refractivity contribution in [1.29, 1.82) is 0 Å². The molecule has 1 aromatic carbocycles. The summed E-state index contributed by atoms with van der Waals surface area (Å²) in [6.45, 7) is 0.365. The normalized spacial score (nSPS) is 10.2. The Morgan fingerprint density at radius 1 is 1.47 bits per heavy atom. The molecule has 0 unspecified atom stereocenters. The van der Waals surface area contributed by atoms with Crippen molar-refractivity contribution < 1.29 is 4.79 Å². The summed E-state index contributed by atoms with van der Waals surface area (Å²) in [4.78, 5) is 11.8. The Morgan fingerprint density at radius 3 is 3.00 bits per heavy atom. The number of hydrogen-bond acceptors (Lipinski definition) is 3. The van der Waals surface area contributed by atoms with Crippen LogP contribution in [0.3, 0.4) is 0 Å². The van der Waals surface area contributed by atoms with Gasteiger partial charge in [-0.15, -0.1) is 0 Å². The highest BCUT2D eigenvalue weighted by Gasteiger charge is 2.11. The van der Waals surface area contributed by atoms with Crippen LogP contribution in [0.25, 0.3) is 0 Å². The zero-order valence-corrected chi connectivity index (χ0v) is 9.66. The van der Waals surface area contributed by atoms with Crippen molar-refractivity contribution in [1.82, 2.24) is 15.5 Å². The van der Waals surface area contributed by atoms with Crippen molar-refractivity contribution in [3.8, 4) is 0 Å². The molecule has 1 amide bonds. The van der Waals surface area contributed by atoms with E-state index in [2.05, 4.69) is 15.5 Å². The lowest BCUT2D eigenvalue weighted by Gasteiger charge is -2.07. The smallest absolute Gasteiger partial charge is 0.253 e. The number of nitrogen functional groups attached to an aromatic ring is 1. The molecule has 2 aromatic rings. The molecule has 0 spiro atoms. The molecule has 0 aliphatic carbocycles. The number of nitrogens with one attached hydrogen (secondary N) is 2. The van der Waals surface area contributed by atoms with Crippen LogP contribution in [0.5, 0.6) is 0 Å². The third-order valence-corrected chi connectivity index (χ3v) is 2.69. The maximum Gasteiger partial charge on any atom is 0.253 e. The van der Waals surface area contributed by atoms with Gasteiger partial charge in [0.05, 0.1) is 28.5 Å². The van der Waals surface area contributed by atoms with Gasteiger partial charge in [0.15, 0.2) is 0 Å². The molecule has 5 nitrogen and oxygen atoms in total. The molecule has 0 radical (unpaired) electrons. The topological polar surface area (TPSA) is 83.8 Å². The number of amides is 1. The molecule has 6 heteroatoms. The molecule has 0 bridgehead atoms. The number of halogens is 1. The second kappa shape index (κ2) is 4.88. The molecule has 17 heavy (non-hydrogen) atoms. The van der Waals surface area contributed by atoms with Gasteiger partial charge in [0.25, 0.3) is 5.91 Å². The molecule has 0 saturated carbocycles. The maximum absolute atomic E-state index is 11.8. The Bertz CT molecular complexity index is 524. The van der Waals surface area contributed by atoms with E-state index in [0.717, 1.165) is 5.69 Å². The number of H-pyrrole nitrogens is 1. The second-order valence-corrected chi connectivity index (χ2v) is 3.85. The van der Waals surface area contributed by atoms with E-state index < -0.39 is 0 Å². The number of aromatic amines is 1. The first-order valence-corrected chi connectivity index (χ1v) is 5.36. The summed E-state index contributed by atoms with van der Waals surface area (Å²) in [6, 6.07) is 6.74. The summed E-state index contributed by atoms with van der Waals surface area (Å²) in [6.07, 6.45) is 1.62. The number of rotatable bonds is 3. The number of carbonyl (C=O) groups excluding carboxylic acids is 1. The zero-order chi connectivity index (χ0) is 12.3. The lowest BCUT2D eigenvalue weighted by Crippen LogP contribution is -2.23. The van der Waals surface area contributed by atoms with Crippen LogP contribution in [0, 0.1) is 0 Å². The fraction of sp³-hybridized carbons (Fsp3) is 0.0909. The van der Waals surface area contributed by atoms with E-state index in [0.29, 0.717) is 17.8 Å². The molecule has 4 N–H and O–H groups in total. The van der Waals surface area contributed by atoms with Crippen molar-refractivity contribution in [3.05, 3.63) is 46.7 Å². The molecule has 2 rings (SSSR count). The molecule has 1 aromatic heterocycles. The van der Waals surface area contributed by atoms with Gasteiger partial charge in [-0.1, -0.05) is 17.7 Å². The number of nitrogens with two attached hydrogens (primary N) is 1. The largest absolute Gasteiger partial charge is 0.398 e. The van der Waals surface area contributed by atoms with Crippen LogP contribution in [0.2, 0.25) is 5.02 Å². The van der Waals surface area contributed by atoms with Crippen molar-refractivity contribution >= 4 is 23.2 Å². The highest BCUT2D eigenvalue weighted by atomic mass is 35.5. The Balaban J connectivity index is 2.07. The fourth-order valence-electron chi connectivity index (χ4n) is 1.38. The molecule has 1 heterocycles. The van der Waals surface area contributed by atoms with Gasteiger partial charge in [-0.25, -0.2) is 0 Å². The number of aromatic nitrogens is 2. The fourth-order valence-corrected chi connectivity index (χ4v) is 1.59. The van der Waals surface area contributed by atoms with E-state index in [4.69, 9.17) is 17.3 Å². The number of hydrogen-bond donors (Lipinski definition) is 3. The van der Waals surface area contributed by atoms with Gasteiger partial charge < -0.3 is 11.1 Å². The van der Waals surface area contributed by atoms with E-state index in [-0.39, 0.29) is 10.9 Å². The molecular formula is C11H11ClN4O. The van der Waals surface area contributed by atoms with Crippen molar-refractivity contribution in [2.75, 3.05) is 5.73 Å². The monoisotopic (exact) mass is 250 g/mol. The quantitative estimate of drug-likeness (QED) is 0.723. The SMILES string of the molecule is Nc1cccc(C(=O)NCc2ccn[nH]2)c1Cl. The van der Waals surface area contributed by atoms with Crippen molar-refractivity contribution in [2.45, 2.75) is 6.54 Å². The highest BCUT2D eigenvalue weighted by Crippen LogP contribution is 2.22. The summed E-state index contributed by atoms with van der Waals surface area (Å²) in [5.41, 5.74) is 7.20. The van der Waals surface area contributed by atoms with Crippen molar-refractivity contribution in [2.24, 2.45) is 0 Å². The maximum atomic E-state index is 11.8. The summed E-state index contributed by atoms with van der Waals surface area (Å²) >= 11 is 5.94. The predicted molar refractivity (Wildman–Crippen MR) is 65.6 cm³/mol. The van der Waals surface area contributed by atoms with Gasteiger partial charge in [-0.05, 0) is 18.2 Å². The summed E-state index contributed by atoms with van der Waals surface area (Å²) in [5.74, 6) is -0.267. The Hall–Kier alpha value is -2.01. The Labute approximate surface area is 103 Å². The lowest BCUT2D eigenvalue weighted by molar-refractivity contribution is 0.0950. The van der Waals surface area contributed by atoms with E-state index in [1.165, 1.54) is 0 Å². The van der Waals surface area contributed by atoms with Gasteiger partial charge in [-0.2, -0.15) is 5.10 Å². The molecule has 0 fully saturated rings. The minimum atomic E-state index is -0.267. The standard InChI is InChI=1S/C11H11ClN4O/c12-10-8(2-1-3-9(10)13)11(17)14-6-7-4-5-15-16-7/h1-5H,6,13H2,(H,14,17)(H,15,16). The van der Waals surface area contributed by atoms with Crippen LogP contribution < -0.4 is 11.1 Å². The van der Waals surface area contributed by atoms with Crippen LogP contribution in [-0.2, 0) is 6.54 Å². The third-order valence-electron chi connectivity index (χ3n) is 2.27. The highest BCUT2D eigenvalue weighted by molar-refractivity contribution is 6.36. The Morgan fingerprint density at radius 2 is 2.29 bits per heavy atom. The first-order chi connectivity index (χ1) is 8.18. The van der Waals surface area contributed by atoms with Gasteiger partial charge in [0.2, 0.25) is 0 Å². The average Bonchev–Trinajstić information content (AvgIpc) is 2.82. The van der Waals surface area contributed by atoms with Gasteiger partial charge in [-0.3, -0.25) is 9.89 Å². The Kier molecular flexibility index (Phi) is 3.30. The van der Waals surface area contributed by atoms with Gasteiger partial charge >= 0.3 is 0 Å². The van der Waals surface area contributed by atoms with E-state index in [1.54, 1.807) is 30.5 Å². The zero-order valence-electron chi connectivity index (χ0n) is 8.90. The van der Waals surface area contributed by atoms with Crippen LogP contribution in [-0.4, -0.2) is 16.1 Å². The average molecular weight is 251 g/mol. The van der Waals surface area contributed by atoms with Crippen LogP contribution in [0.4, 0.5) is 5.69 Å². The second-order valence-electron chi connectivity index (χ2n) is 3.47. The lowest BCUT2D eigenvalue weighted by atomic mass is 10.2. The molecule has 88 valence electrons. The summed E-state index contributed by atoms with van der Waals surface area (Å²) < 4.78 is 0. The first-order valence-electron chi connectivity index (χ1n) is 4.99. The first kappa shape index (κ1) is 11.5. The van der Waals surface area contributed by atoms with E-state index in [1.807, 2.05) is 0 Å². The van der Waals surface area contributed by atoms with Crippen LogP contribution in [0.1, 0.15) is 16.1 Å². The minimum Gasteiger partial charge on any atom is -0.398 e. The van der Waals surface area contributed by atoms with Crippen LogP contribution >= 0.6 is 11.6 Å². The van der Waals surface area contributed by atoms with Crippen molar-refractivity contribution in [3.63, 3.8) is 0 Å². The number of carbonyl (C=O) groups is 1. The minimum absolute atomic E-state index is 0.267. The molecule has 0 atom stereocenters. The van der Waals surface area contributed by atoms with Crippen LogP contribution in [0.15, 0.2) is 30.5 Å².